The molecule has 5 heteroatoms. The van der Waals surface area contributed by atoms with E-state index in [0.717, 1.165) is 0 Å². The van der Waals surface area contributed by atoms with E-state index in [9.17, 15) is 25.2 Å². The number of hydrogen-bond donors (Lipinski definition) is 4. The number of hydrogen-bond acceptors (Lipinski definition) is 5. The van der Waals surface area contributed by atoms with Gasteiger partial charge in [0.15, 0.2) is 5.78 Å². The molecule has 4 aromatic carbocycles. The average molecular weight is 436 g/mol. The van der Waals surface area contributed by atoms with Crippen LogP contribution >= 0.6 is 0 Å². The molecule has 0 aromatic heterocycles. The van der Waals surface area contributed by atoms with Crippen molar-refractivity contribution in [2.75, 3.05) is 0 Å². The van der Waals surface area contributed by atoms with Crippen LogP contribution in [0.25, 0.3) is 11.1 Å². The first-order valence-corrected chi connectivity index (χ1v) is 10.2. The van der Waals surface area contributed by atoms with Gasteiger partial charge in [-0.05, 0) is 77.4 Å². The number of aromatic hydroxyl groups is 3. The standard InChI is InChI=1S/C28H20O5/c29-17-21-8-16-25(19-4-11-23(31)12-5-19)27(28(33)20-6-13-24(32)14-7-20)26(21)15-3-18-1-9-22(30)10-2-18/h1-2,4-14,16,29-32H,17H2. The molecule has 162 valence electrons. The van der Waals surface area contributed by atoms with Crippen LogP contribution in [0.4, 0.5) is 0 Å². The van der Waals surface area contributed by atoms with Gasteiger partial charge < -0.3 is 20.4 Å². The maximum Gasteiger partial charge on any atom is 0.194 e. The van der Waals surface area contributed by atoms with E-state index in [-0.39, 0.29) is 29.6 Å². The van der Waals surface area contributed by atoms with Crippen molar-refractivity contribution >= 4 is 5.78 Å². The minimum absolute atomic E-state index is 0.0433. The van der Waals surface area contributed by atoms with Crippen molar-refractivity contribution in [1.82, 2.24) is 0 Å². The number of ketones is 1. The normalized spacial score (nSPS) is 10.3. The molecular formula is C28H20O5. The Kier molecular flexibility index (Phi) is 6.12. The number of carbonyl (C=O) groups excluding carboxylic acids is 1. The number of rotatable bonds is 4. The summed E-state index contributed by atoms with van der Waals surface area (Å²) in [7, 11) is 0. The van der Waals surface area contributed by atoms with Crippen molar-refractivity contribution in [1.29, 1.82) is 0 Å². The van der Waals surface area contributed by atoms with Crippen molar-refractivity contribution in [2.24, 2.45) is 0 Å². The summed E-state index contributed by atoms with van der Waals surface area (Å²) in [5.74, 6) is 5.99. The van der Waals surface area contributed by atoms with Crippen LogP contribution in [0.1, 0.15) is 32.6 Å². The molecule has 0 fully saturated rings. The molecule has 0 saturated heterocycles. The highest BCUT2D eigenvalue weighted by molar-refractivity contribution is 6.14. The highest BCUT2D eigenvalue weighted by Gasteiger charge is 2.21. The average Bonchev–Trinajstić information content (AvgIpc) is 2.83. The van der Waals surface area contributed by atoms with E-state index in [0.29, 0.717) is 38.9 Å². The zero-order valence-corrected chi connectivity index (χ0v) is 17.5. The van der Waals surface area contributed by atoms with Gasteiger partial charge in [-0.25, -0.2) is 0 Å². The molecule has 0 heterocycles. The molecule has 4 N–H and O–H groups in total. The Hall–Kier alpha value is -4.53. The van der Waals surface area contributed by atoms with Gasteiger partial charge in [-0.2, -0.15) is 0 Å². The topological polar surface area (TPSA) is 98.0 Å². The molecule has 4 rings (SSSR count). The summed E-state index contributed by atoms with van der Waals surface area (Å²) in [5.41, 5.74) is 3.47. The molecule has 0 amide bonds. The summed E-state index contributed by atoms with van der Waals surface area (Å²) in [6, 6.07) is 22.2. The number of carbonyl (C=O) groups is 1. The van der Waals surface area contributed by atoms with E-state index < -0.39 is 0 Å². The molecular weight excluding hydrogens is 416 g/mol. The second kappa shape index (κ2) is 9.31. The van der Waals surface area contributed by atoms with Crippen LogP contribution in [0.2, 0.25) is 0 Å². The smallest absolute Gasteiger partial charge is 0.194 e. The van der Waals surface area contributed by atoms with E-state index >= 15 is 0 Å². The lowest BCUT2D eigenvalue weighted by molar-refractivity contribution is 0.103. The van der Waals surface area contributed by atoms with Gasteiger partial charge in [0, 0.05) is 22.3 Å². The molecule has 0 radical (unpaired) electrons. The Morgan fingerprint density at radius 3 is 1.79 bits per heavy atom. The lowest BCUT2D eigenvalue weighted by Gasteiger charge is -2.15. The third kappa shape index (κ3) is 4.72. The van der Waals surface area contributed by atoms with Crippen LogP contribution < -0.4 is 0 Å². The molecule has 0 aliphatic rings. The Labute approximate surface area is 190 Å². The largest absolute Gasteiger partial charge is 0.508 e. The minimum atomic E-state index is -0.316. The minimum Gasteiger partial charge on any atom is -0.508 e. The van der Waals surface area contributed by atoms with Crippen molar-refractivity contribution in [3.63, 3.8) is 0 Å². The van der Waals surface area contributed by atoms with Crippen molar-refractivity contribution in [3.05, 3.63) is 113 Å². The summed E-state index contributed by atoms with van der Waals surface area (Å²) >= 11 is 0. The first-order chi connectivity index (χ1) is 16.0. The molecule has 0 unspecified atom stereocenters. The van der Waals surface area contributed by atoms with E-state index in [2.05, 4.69) is 11.8 Å². The first-order valence-electron chi connectivity index (χ1n) is 10.2. The predicted molar refractivity (Wildman–Crippen MR) is 125 cm³/mol. The van der Waals surface area contributed by atoms with Gasteiger partial charge in [-0.1, -0.05) is 36.1 Å². The van der Waals surface area contributed by atoms with E-state index in [1.807, 2.05) is 0 Å². The monoisotopic (exact) mass is 436 g/mol. The number of aliphatic hydroxyl groups excluding tert-OH is 1. The number of phenols is 3. The van der Waals surface area contributed by atoms with Crippen molar-refractivity contribution in [2.45, 2.75) is 6.61 Å². The fourth-order valence-corrected chi connectivity index (χ4v) is 3.47. The van der Waals surface area contributed by atoms with Gasteiger partial charge in [0.2, 0.25) is 0 Å². The molecule has 33 heavy (non-hydrogen) atoms. The molecule has 5 nitrogen and oxygen atoms in total. The first kappa shape index (κ1) is 21.7. The highest BCUT2D eigenvalue weighted by atomic mass is 16.3. The Morgan fingerprint density at radius 1 is 0.667 bits per heavy atom. The van der Waals surface area contributed by atoms with Gasteiger partial charge in [-0.3, -0.25) is 4.79 Å². The van der Waals surface area contributed by atoms with Crippen LogP contribution in [0.3, 0.4) is 0 Å². The van der Waals surface area contributed by atoms with E-state index in [1.165, 1.54) is 48.5 Å². The lowest BCUT2D eigenvalue weighted by atomic mass is 9.87. The van der Waals surface area contributed by atoms with Gasteiger partial charge in [0.1, 0.15) is 17.2 Å². The second-order valence-corrected chi connectivity index (χ2v) is 7.40. The molecule has 0 aliphatic carbocycles. The fourth-order valence-electron chi connectivity index (χ4n) is 3.47. The number of benzene rings is 4. The van der Waals surface area contributed by atoms with E-state index in [4.69, 9.17) is 0 Å². The van der Waals surface area contributed by atoms with Crippen molar-refractivity contribution < 1.29 is 25.2 Å². The van der Waals surface area contributed by atoms with Crippen LogP contribution in [0.15, 0.2) is 84.9 Å². The summed E-state index contributed by atoms with van der Waals surface area (Å²) in [5, 5.41) is 38.8. The zero-order valence-electron chi connectivity index (χ0n) is 17.5. The third-order valence-electron chi connectivity index (χ3n) is 5.20. The number of phenolic OH excluding ortho intramolecular Hbond substituents is 3. The Morgan fingerprint density at radius 2 is 1.21 bits per heavy atom. The summed E-state index contributed by atoms with van der Waals surface area (Å²) in [6.45, 7) is -0.314. The van der Waals surface area contributed by atoms with Crippen LogP contribution in [0.5, 0.6) is 17.2 Å². The highest BCUT2D eigenvalue weighted by Crippen LogP contribution is 2.32. The quantitative estimate of drug-likeness (QED) is 0.277. The SMILES string of the molecule is O=C(c1ccc(O)cc1)c1c(-c2ccc(O)cc2)ccc(CO)c1C#Cc1ccc(O)cc1. The zero-order chi connectivity index (χ0) is 23.4. The van der Waals surface area contributed by atoms with Gasteiger partial charge in [0.25, 0.3) is 0 Å². The Balaban J connectivity index is 1.95. The lowest BCUT2D eigenvalue weighted by Crippen LogP contribution is -2.09. The molecule has 0 aliphatic heterocycles. The number of aliphatic hydroxyl groups is 1. The van der Waals surface area contributed by atoms with Crippen molar-refractivity contribution in [3.8, 4) is 40.2 Å². The Bertz CT molecular complexity index is 1360. The van der Waals surface area contributed by atoms with Gasteiger partial charge in [0.05, 0.1) is 6.61 Å². The van der Waals surface area contributed by atoms with E-state index in [1.54, 1.807) is 36.4 Å². The second-order valence-electron chi connectivity index (χ2n) is 7.40. The fraction of sp³-hybridized carbons (Fsp3) is 0.0357. The third-order valence-corrected chi connectivity index (χ3v) is 5.20. The summed E-state index contributed by atoms with van der Waals surface area (Å²) in [6.07, 6.45) is 0. The van der Waals surface area contributed by atoms with Crippen LogP contribution in [0, 0.1) is 11.8 Å². The van der Waals surface area contributed by atoms with Gasteiger partial charge in [-0.15, -0.1) is 0 Å². The van der Waals surface area contributed by atoms with Crippen LogP contribution in [-0.2, 0) is 6.61 Å². The molecule has 0 bridgehead atoms. The molecule has 0 saturated carbocycles. The summed E-state index contributed by atoms with van der Waals surface area (Å²) < 4.78 is 0. The molecule has 4 aromatic rings. The van der Waals surface area contributed by atoms with Crippen LogP contribution in [-0.4, -0.2) is 26.2 Å². The predicted octanol–water partition coefficient (Wildman–Crippen LogP) is 4.59. The molecule has 0 spiro atoms. The van der Waals surface area contributed by atoms with Gasteiger partial charge >= 0.3 is 0 Å². The maximum absolute atomic E-state index is 13.7. The molecule has 0 atom stereocenters. The summed E-state index contributed by atoms with van der Waals surface area (Å²) in [4.78, 5) is 13.7. The maximum atomic E-state index is 13.7.